The van der Waals surface area contributed by atoms with Crippen molar-refractivity contribution in [3.8, 4) is 0 Å². The number of aromatic amines is 1. The molecule has 1 amide bonds. The number of carbonyl (C=O) groups excluding carboxylic acids is 1. The third kappa shape index (κ3) is 3.07. The lowest BCUT2D eigenvalue weighted by molar-refractivity contribution is -0.116. The van der Waals surface area contributed by atoms with Gasteiger partial charge in [0, 0.05) is 30.5 Å². The van der Waals surface area contributed by atoms with Gasteiger partial charge in [0.25, 0.3) is 5.56 Å². The number of hydrogen-bond donors (Lipinski definition) is 2. The molecule has 2 aromatic rings. The summed E-state index contributed by atoms with van der Waals surface area (Å²) in [4.78, 5) is 34.2. The van der Waals surface area contributed by atoms with E-state index < -0.39 is 11.7 Å². The standard InChI is InChI=1S/C18H18ClFN4O2/c19-10-4-5-11(13(20)8-10)12-9-14(25)21-16-15(12)17(26)23-18(22-16)24-6-2-1-3-7-24/h4-5,8,12H,1-3,6-7,9H2,(H2,21,22,23,25,26)/t12-/m0/s1. The number of benzene rings is 1. The van der Waals surface area contributed by atoms with Crippen LogP contribution in [0.1, 0.15) is 42.7 Å². The van der Waals surface area contributed by atoms with Gasteiger partial charge in [0.2, 0.25) is 11.9 Å². The molecule has 3 heterocycles. The Hall–Kier alpha value is -2.41. The molecule has 6 nitrogen and oxygen atoms in total. The van der Waals surface area contributed by atoms with E-state index >= 15 is 0 Å². The van der Waals surface area contributed by atoms with Crippen LogP contribution < -0.4 is 15.8 Å². The molecule has 136 valence electrons. The van der Waals surface area contributed by atoms with E-state index in [4.69, 9.17) is 11.6 Å². The van der Waals surface area contributed by atoms with E-state index in [2.05, 4.69) is 15.3 Å². The summed E-state index contributed by atoms with van der Waals surface area (Å²) >= 11 is 5.82. The summed E-state index contributed by atoms with van der Waals surface area (Å²) in [6.45, 7) is 1.62. The molecule has 1 saturated heterocycles. The molecule has 0 saturated carbocycles. The molecule has 1 aromatic heterocycles. The summed E-state index contributed by atoms with van der Waals surface area (Å²) in [5, 5.41) is 2.93. The predicted octanol–water partition coefficient (Wildman–Crippen LogP) is 3.03. The quantitative estimate of drug-likeness (QED) is 0.844. The fourth-order valence-electron chi connectivity index (χ4n) is 3.66. The average molecular weight is 377 g/mol. The molecule has 2 N–H and O–H groups in total. The Morgan fingerprint density at radius 1 is 1.19 bits per heavy atom. The SMILES string of the molecule is O=C1C[C@@H](c2ccc(Cl)cc2F)c2c(nc(N3CCCCC3)[nH]c2=O)N1. The largest absolute Gasteiger partial charge is 0.342 e. The van der Waals surface area contributed by atoms with Crippen LogP contribution >= 0.6 is 11.6 Å². The molecule has 0 aliphatic carbocycles. The lowest BCUT2D eigenvalue weighted by Crippen LogP contribution is -2.36. The van der Waals surface area contributed by atoms with Crippen LogP contribution in [0, 0.1) is 5.82 Å². The highest BCUT2D eigenvalue weighted by molar-refractivity contribution is 6.30. The minimum Gasteiger partial charge on any atom is -0.342 e. The lowest BCUT2D eigenvalue weighted by Gasteiger charge is -2.29. The molecule has 2 aliphatic heterocycles. The number of nitrogens with one attached hydrogen (secondary N) is 2. The third-order valence-corrected chi connectivity index (χ3v) is 5.17. The topological polar surface area (TPSA) is 78.1 Å². The fourth-order valence-corrected chi connectivity index (χ4v) is 3.82. The molecular weight excluding hydrogens is 359 g/mol. The number of hydrogen-bond acceptors (Lipinski definition) is 4. The van der Waals surface area contributed by atoms with Gasteiger partial charge in [0.05, 0.1) is 5.56 Å². The molecule has 1 fully saturated rings. The van der Waals surface area contributed by atoms with Gasteiger partial charge in [-0.05, 0) is 37.0 Å². The van der Waals surface area contributed by atoms with E-state index in [9.17, 15) is 14.0 Å². The summed E-state index contributed by atoms with van der Waals surface area (Å²) in [6.07, 6.45) is 3.21. The number of nitrogens with zero attached hydrogens (tertiary/aromatic N) is 2. The molecule has 0 spiro atoms. The summed E-state index contributed by atoms with van der Waals surface area (Å²) in [5.41, 5.74) is 0.199. The van der Waals surface area contributed by atoms with Crippen LogP contribution in [-0.2, 0) is 4.79 Å². The van der Waals surface area contributed by atoms with Crippen molar-refractivity contribution >= 4 is 29.3 Å². The highest BCUT2D eigenvalue weighted by Gasteiger charge is 2.33. The van der Waals surface area contributed by atoms with Gasteiger partial charge in [-0.1, -0.05) is 17.7 Å². The van der Waals surface area contributed by atoms with Gasteiger partial charge in [0.1, 0.15) is 11.6 Å². The monoisotopic (exact) mass is 376 g/mol. The Bertz CT molecular complexity index is 924. The second kappa shape index (κ2) is 6.72. The number of H-pyrrole nitrogens is 1. The van der Waals surface area contributed by atoms with Crippen molar-refractivity contribution in [1.82, 2.24) is 9.97 Å². The van der Waals surface area contributed by atoms with Gasteiger partial charge in [0.15, 0.2) is 0 Å². The second-order valence-corrected chi connectivity index (χ2v) is 7.11. The number of halogens is 2. The minimum absolute atomic E-state index is 0.0145. The van der Waals surface area contributed by atoms with Crippen molar-refractivity contribution in [3.63, 3.8) is 0 Å². The second-order valence-electron chi connectivity index (χ2n) is 6.67. The van der Waals surface area contributed by atoms with Crippen LogP contribution in [0.15, 0.2) is 23.0 Å². The molecule has 0 bridgehead atoms. The molecule has 2 aliphatic rings. The zero-order chi connectivity index (χ0) is 18.3. The zero-order valence-electron chi connectivity index (χ0n) is 14.0. The van der Waals surface area contributed by atoms with Crippen LogP contribution in [0.4, 0.5) is 16.2 Å². The molecular formula is C18H18ClFN4O2. The first-order valence-corrected chi connectivity index (χ1v) is 9.04. The molecule has 8 heteroatoms. The molecule has 4 rings (SSSR count). The first-order chi connectivity index (χ1) is 12.5. The first-order valence-electron chi connectivity index (χ1n) is 8.67. The van der Waals surface area contributed by atoms with Crippen molar-refractivity contribution in [2.45, 2.75) is 31.6 Å². The fraction of sp³-hybridized carbons (Fsp3) is 0.389. The highest BCUT2D eigenvalue weighted by atomic mass is 35.5. The van der Waals surface area contributed by atoms with Gasteiger partial charge in [-0.3, -0.25) is 14.6 Å². The van der Waals surface area contributed by atoms with Gasteiger partial charge in [-0.15, -0.1) is 0 Å². The number of carbonyl (C=O) groups is 1. The maximum Gasteiger partial charge on any atom is 0.258 e. The van der Waals surface area contributed by atoms with Gasteiger partial charge >= 0.3 is 0 Å². The minimum atomic E-state index is -0.692. The Morgan fingerprint density at radius 3 is 2.69 bits per heavy atom. The number of piperidine rings is 1. The number of anilines is 2. The lowest BCUT2D eigenvalue weighted by atomic mass is 9.86. The first kappa shape index (κ1) is 17.0. The van der Waals surface area contributed by atoms with Crippen LogP contribution in [0.3, 0.4) is 0 Å². The van der Waals surface area contributed by atoms with Crippen LogP contribution in [0.2, 0.25) is 5.02 Å². The van der Waals surface area contributed by atoms with E-state index in [-0.39, 0.29) is 39.9 Å². The van der Waals surface area contributed by atoms with E-state index in [1.165, 1.54) is 12.1 Å². The Kier molecular flexibility index (Phi) is 4.40. The molecule has 1 atom stereocenters. The number of rotatable bonds is 2. The summed E-state index contributed by atoms with van der Waals surface area (Å²) in [5.74, 6) is -0.860. The Labute approximate surface area is 154 Å². The Balaban J connectivity index is 1.80. The van der Waals surface area contributed by atoms with Gasteiger partial charge in [-0.2, -0.15) is 4.98 Å². The highest BCUT2D eigenvalue weighted by Crippen LogP contribution is 2.36. The van der Waals surface area contributed by atoms with Crippen molar-refractivity contribution in [2.75, 3.05) is 23.3 Å². The summed E-state index contributed by atoms with van der Waals surface area (Å²) < 4.78 is 14.4. The van der Waals surface area contributed by atoms with E-state index in [1.807, 2.05) is 4.90 Å². The van der Waals surface area contributed by atoms with E-state index in [0.717, 1.165) is 32.4 Å². The van der Waals surface area contributed by atoms with Crippen molar-refractivity contribution in [1.29, 1.82) is 0 Å². The van der Waals surface area contributed by atoms with Gasteiger partial charge < -0.3 is 10.2 Å². The smallest absolute Gasteiger partial charge is 0.258 e. The predicted molar refractivity (Wildman–Crippen MR) is 97.4 cm³/mol. The van der Waals surface area contributed by atoms with Crippen molar-refractivity contribution < 1.29 is 9.18 Å². The average Bonchev–Trinajstić information content (AvgIpc) is 2.61. The zero-order valence-corrected chi connectivity index (χ0v) is 14.8. The number of fused-ring (bicyclic) bond motifs is 1. The van der Waals surface area contributed by atoms with Crippen molar-refractivity contribution in [3.05, 3.63) is 50.5 Å². The maximum absolute atomic E-state index is 14.4. The van der Waals surface area contributed by atoms with Crippen LogP contribution in [0.5, 0.6) is 0 Å². The third-order valence-electron chi connectivity index (χ3n) is 4.93. The summed E-state index contributed by atoms with van der Waals surface area (Å²) in [7, 11) is 0. The molecule has 0 unspecified atom stereocenters. The van der Waals surface area contributed by atoms with Crippen LogP contribution in [-0.4, -0.2) is 29.0 Å². The molecule has 1 aromatic carbocycles. The normalized spacial score (nSPS) is 19.8. The van der Waals surface area contributed by atoms with E-state index in [1.54, 1.807) is 6.07 Å². The van der Waals surface area contributed by atoms with Crippen LogP contribution in [0.25, 0.3) is 0 Å². The van der Waals surface area contributed by atoms with Crippen molar-refractivity contribution in [2.24, 2.45) is 0 Å². The maximum atomic E-state index is 14.4. The molecule has 26 heavy (non-hydrogen) atoms. The Morgan fingerprint density at radius 2 is 1.96 bits per heavy atom. The van der Waals surface area contributed by atoms with Gasteiger partial charge in [-0.25, -0.2) is 4.39 Å². The number of aromatic nitrogens is 2. The summed E-state index contributed by atoms with van der Waals surface area (Å²) in [6, 6.07) is 4.26. The molecule has 0 radical (unpaired) electrons. The van der Waals surface area contributed by atoms with E-state index in [0.29, 0.717) is 5.95 Å². The number of amides is 1.